The van der Waals surface area contributed by atoms with Crippen molar-refractivity contribution in [3.8, 4) is 0 Å². The number of morpholine rings is 2. The van der Waals surface area contributed by atoms with Gasteiger partial charge in [0.25, 0.3) is 5.91 Å². The zero-order valence-corrected chi connectivity index (χ0v) is 13.7. The molecule has 3 aliphatic rings. The first-order chi connectivity index (χ1) is 11.8. The second-order valence-electron chi connectivity index (χ2n) is 6.36. The van der Waals surface area contributed by atoms with Crippen molar-refractivity contribution in [1.82, 2.24) is 15.3 Å². The van der Waals surface area contributed by atoms with Crippen LogP contribution in [0.3, 0.4) is 0 Å². The van der Waals surface area contributed by atoms with E-state index in [1.807, 2.05) is 0 Å². The number of ether oxygens (including phenoxy) is 2. The van der Waals surface area contributed by atoms with Gasteiger partial charge in [0.1, 0.15) is 11.5 Å². The zero-order chi connectivity index (χ0) is 16.4. The van der Waals surface area contributed by atoms with Gasteiger partial charge < -0.3 is 24.6 Å². The van der Waals surface area contributed by atoms with Crippen LogP contribution in [-0.2, 0) is 9.47 Å². The SMILES string of the molecule is O=C(NC1CC1)c1cc(N2CCOCC2)nc(N2CCOCC2)n1. The lowest BCUT2D eigenvalue weighted by Gasteiger charge is -2.31. The smallest absolute Gasteiger partial charge is 0.270 e. The van der Waals surface area contributed by atoms with E-state index in [1.54, 1.807) is 6.07 Å². The topological polar surface area (TPSA) is 79.8 Å². The van der Waals surface area contributed by atoms with Crippen molar-refractivity contribution in [2.24, 2.45) is 0 Å². The number of amides is 1. The minimum Gasteiger partial charge on any atom is -0.378 e. The molecule has 2 saturated heterocycles. The van der Waals surface area contributed by atoms with Gasteiger partial charge in [-0.3, -0.25) is 4.79 Å². The summed E-state index contributed by atoms with van der Waals surface area (Å²) in [7, 11) is 0. The molecule has 1 aromatic heterocycles. The van der Waals surface area contributed by atoms with E-state index < -0.39 is 0 Å². The average molecular weight is 333 g/mol. The van der Waals surface area contributed by atoms with E-state index in [2.05, 4.69) is 20.1 Å². The number of aromatic nitrogens is 2. The van der Waals surface area contributed by atoms with Crippen LogP contribution in [0.15, 0.2) is 6.07 Å². The number of anilines is 2. The number of carbonyl (C=O) groups excluding carboxylic acids is 1. The summed E-state index contributed by atoms with van der Waals surface area (Å²) in [6.07, 6.45) is 2.12. The predicted octanol–water partition coefficient (Wildman–Crippen LogP) is 0.0420. The Morgan fingerprint density at radius 1 is 1.00 bits per heavy atom. The van der Waals surface area contributed by atoms with Crippen LogP contribution >= 0.6 is 0 Å². The molecule has 3 heterocycles. The van der Waals surface area contributed by atoms with Gasteiger partial charge in [-0.15, -0.1) is 0 Å². The fourth-order valence-electron chi connectivity index (χ4n) is 2.88. The van der Waals surface area contributed by atoms with Crippen LogP contribution in [0.4, 0.5) is 11.8 Å². The van der Waals surface area contributed by atoms with Crippen molar-refractivity contribution in [3.05, 3.63) is 11.8 Å². The standard InChI is InChI=1S/C16H23N5O3/c22-15(17-12-1-2-12)13-11-14(20-3-7-23-8-4-20)19-16(18-13)21-5-9-24-10-6-21/h11-12H,1-10H2,(H,17,22). The summed E-state index contributed by atoms with van der Waals surface area (Å²) in [5.41, 5.74) is 0.444. The minimum atomic E-state index is -0.107. The van der Waals surface area contributed by atoms with E-state index in [9.17, 15) is 4.79 Å². The Balaban J connectivity index is 1.62. The van der Waals surface area contributed by atoms with E-state index in [0.29, 0.717) is 44.1 Å². The summed E-state index contributed by atoms with van der Waals surface area (Å²) >= 11 is 0. The largest absolute Gasteiger partial charge is 0.378 e. The molecule has 130 valence electrons. The van der Waals surface area contributed by atoms with Crippen molar-refractivity contribution < 1.29 is 14.3 Å². The normalized spacial score (nSPS) is 21.7. The van der Waals surface area contributed by atoms with Gasteiger partial charge in [-0.25, -0.2) is 4.98 Å². The molecule has 0 aromatic carbocycles. The van der Waals surface area contributed by atoms with Gasteiger partial charge in [0.05, 0.1) is 26.4 Å². The second-order valence-corrected chi connectivity index (χ2v) is 6.36. The zero-order valence-electron chi connectivity index (χ0n) is 13.7. The van der Waals surface area contributed by atoms with Crippen LogP contribution in [-0.4, -0.2) is 74.5 Å². The summed E-state index contributed by atoms with van der Waals surface area (Å²) in [4.78, 5) is 25.9. The van der Waals surface area contributed by atoms with Crippen molar-refractivity contribution in [1.29, 1.82) is 0 Å². The molecule has 8 nitrogen and oxygen atoms in total. The van der Waals surface area contributed by atoms with Crippen molar-refractivity contribution in [2.45, 2.75) is 18.9 Å². The first kappa shape index (κ1) is 15.6. The lowest BCUT2D eigenvalue weighted by Crippen LogP contribution is -2.40. The molecule has 3 fully saturated rings. The third-order valence-corrected chi connectivity index (χ3v) is 4.48. The molecule has 1 saturated carbocycles. The fourth-order valence-corrected chi connectivity index (χ4v) is 2.88. The number of nitrogens with one attached hydrogen (secondary N) is 1. The Hall–Kier alpha value is -1.93. The Labute approximate surface area is 141 Å². The molecule has 8 heteroatoms. The number of rotatable bonds is 4. The monoisotopic (exact) mass is 333 g/mol. The van der Waals surface area contributed by atoms with Crippen LogP contribution in [0.25, 0.3) is 0 Å². The van der Waals surface area contributed by atoms with E-state index in [-0.39, 0.29) is 5.91 Å². The van der Waals surface area contributed by atoms with Gasteiger partial charge in [0.2, 0.25) is 5.95 Å². The second kappa shape index (κ2) is 6.90. The van der Waals surface area contributed by atoms with E-state index in [4.69, 9.17) is 14.5 Å². The molecular formula is C16H23N5O3. The fraction of sp³-hybridized carbons (Fsp3) is 0.688. The van der Waals surface area contributed by atoms with Gasteiger partial charge in [-0.05, 0) is 12.8 Å². The van der Waals surface area contributed by atoms with Crippen LogP contribution in [0.1, 0.15) is 23.3 Å². The Morgan fingerprint density at radius 2 is 1.62 bits per heavy atom. The summed E-state index contributed by atoms with van der Waals surface area (Å²) in [5, 5.41) is 3.01. The van der Waals surface area contributed by atoms with Crippen LogP contribution in [0.5, 0.6) is 0 Å². The Bertz CT molecular complexity index is 559. The van der Waals surface area contributed by atoms with Crippen molar-refractivity contribution >= 4 is 17.7 Å². The first-order valence-corrected chi connectivity index (χ1v) is 8.65. The highest BCUT2D eigenvalue weighted by molar-refractivity contribution is 5.93. The number of hydrogen-bond donors (Lipinski definition) is 1. The van der Waals surface area contributed by atoms with Crippen LogP contribution in [0.2, 0.25) is 0 Å². The van der Waals surface area contributed by atoms with Crippen LogP contribution < -0.4 is 15.1 Å². The third kappa shape index (κ3) is 3.59. The summed E-state index contributed by atoms with van der Waals surface area (Å²) < 4.78 is 10.8. The van der Waals surface area contributed by atoms with Gasteiger partial charge >= 0.3 is 0 Å². The third-order valence-electron chi connectivity index (χ3n) is 4.48. The van der Waals surface area contributed by atoms with Gasteiger partial charge in [-0.1, -0.05) is 0 Å². The molecule has 24 heavy (non-hydrogen) atoms. The van der Waals surface area contributed by atoms with E-state index in [0.717, 1.165) is 44.8 Å². The predicted molar refractivity (Wildman–Crippen MR) is 88.6 cm³/mol. The highest BCUT2D eigenvalue weighted by atomic mass is 16.5. The van der Waals surface area contributed by atoms with Gasteiger partial charge in [0, 0.05) is 38.3 Å². The van der Waals surface area contributed by atoms with Crippen molar-refractivity contribution in [2.75, 3.05) is 62.4 Å². The molecule has 1 amide bonds. The molecule has 2 aliphatic heterocycles. The molecular weight excluding hydrogens is 310 g/mol. The number of hydrogen-bond acceptors (Lipinski definition) is 7. The number of nitrogens with zero attached hydrogens (tertiary/aromatic N) is 4. The molecule has 4 rings (SSSR count). The molecule has 1 N–H and O–H groups in total. The Kier molecular flexibility index (Phi) is 4.48. The molecule has 0 spiro atoms. The first-order valence-electron chi connectivity index (χ1n) is 8.65. The molecule has 0 unspecified atom stereocenters. The lowest BCUT2D eigenvalue weighted by atomic mass is 10.3. The highest BCUT2D eigenvalue weighted by Crippen LogP contribution is 2.22. The van der Waals surface area contributed by atoms with Gasteiger partial charge in [-0.2, -0.15) is 4.98 Å². The van der Waals surface area contributed by atoms with E-state index >= 15 is 0 Å². The average Bonchev–Trinajstić information content (AvgIpc) is 3.47. The maximum atomic E-state index is 12.5. The molecule has 1 aromatic rings. The van der Waals surface area contributed by atoms with Gasteiger partial charge in [0.15, 0.2) is 0 Å². The molecule has 0 radical (unpaired) electrons. The maximum absolute atomic E-state index is 12.5. The highest BCUT2D eigenvalue weighted by Gasteiger charge is 2.26. The summed E-state index contributed by atoms with van der Waals surface area (Å²) in [6, 6.07) is 2.11. The molecule has 1 aliphatic carbocycles. The quantitative estimate of drug-likeness (QED) is 0.833. The minimum absolute atomic E-state index is 0.107. The lowest BCUT2D eigenvalue weighted by molar-refractivity contribution is 0.0945. The van der Waals surface area contributed by atoms with Crippen LogP contribution in [0, 0.1) is 0 Å². The van der Waals surface area contributed by atoms with E-state index in [1.165, 1.54) is 0 Å². The van der Waals surface area contributed by atoms with Crippen molar-refractivity contribution in [3.63, 3.8) is 0 Å². The molecule has 0 atom stereocenters. The molecule has 0 bridgehead atoms. The Morgan fingerprint density at radius 3 is 2.25 bits per heavy atom. The maximum Gasteiger partial charge on any atom is 0.270 e. The summed E-state index contributed by atoms with van der Waals surface area (Å²) in [6.45, 7) is 5.74. The number of carbonyl (C=O) groups is 1. The summed E-state index contributed by atoms with van der Waals surface area (Å²) in [5.74, 6) is 1.31.